The van der Waals surface area contributed by atoms with Crippen LogP contribution in [-0.4, -0.2) is 89.2 Å². The molecule has 1 aliphatic heterocycles. The second-order valence-corrected chi connectivity index (χ2v) is 23.1. The molecule has 6 atom stereocenters. The van der Waals surface area contributed by atoms with Gasteiger partial charge in [-0.1, -0.05) is 267 Å². The van der Waals surface area contributed by atoms with Gasteiger partial charge in [0.25, 0.3) is 0 Å². The summed E-state index contributed by atoms with van der Waals surface area (Å²) in [6, 6.07) is 0. The minimum absolute atomic E-state index is 0.0432. The summed E-state index contributed by atoms with van der Waals surface area (Å²) in [7, 11) is 0. The van der Waals surface area contributed by atoms with Crippen LogP contribution in [0.3, 0.4) is 0 Å². The van der Waals surface area contributed by atoms with E-state index >= 15 is 0 Å². The van der Waals surface area contributed by atoms with Gasteiger partial charge in [0.15, 0.2) is 24.6 Å². The van der Waals surface area contributed by atoms with Crippen molar-refractivity contribution in [1.29, 1.82) is 0 Å². The summed E-state index contributed by atoms with van der Waals surface area (Å²) >= 11 is 0. The van der Waals surface area contributed by atoms with Crippen LogP contribution in [0.2, 0.25) is 0 Å². The standard InChI is InChI=1S/C71H122O12/c1-4-7-10-13-16-19-22-25-28-31-32-35-38-41-44-47-50-53-56-59-65(74)82-69-67(76)66(75)68(70(77)78)83-71(69)80-61-62(81-64(73)58-55-52-49-46-43-40-37-34-30-27-24-21-18-15-12-9-6-3)60-79-63(72)57-54-51-48-45-42-39-36-33-29-26-23-20-17-14-11-8-5-2/h7,10,16-17,19-20,25-26,28-29,32,35,62,66-69,71,75-76H,4-6,8-9,11-15,18,21-24,27,30-31,33-34,36-61H2,1-3H3,(H,77,78)/b10-7-,19-16-,20-17-,28-25-,29-26-,35-32-. The Bertz CT molecular complexity index is 1720. The topological polar surface area (TPSA) is 175 Å². The van der Waals surface area contributed by atoms with Crippen LogP contribution in [0.4, 0.5) is 0 Å². The van der Waals surface area contributed by atoms with Gasteiger partial charge in [-0.15, -0.1) is 0 Å². The van der Waals surface area contributed by atoms with E-state index in [0.29, 0.717) is 19.3 Å². The lowest BCUT2D eigenvalue weighted by Gasteiger charge is -2.40. The molecule has 1 saturated heterocycles. The zero-order valence-corrected chi connectivity index (χ0v) is 52.9. The van der Waals surface area contributed by atoms with E-state index in [-0.39, 0.29) is 25.9 Å². The maximum absolute atomic E-state index is 13.2. The van der Waals surface area contributed by atoms with E-state index in [1.165, 1.54) is 122 Å². The third kappa shape index (κ3) is 48.0. The summed E-state index contributed by atoms with van der Waals surface area (Å²) in [5.74, 6) is -3.13. The zero-order chi connectivity index (χ0) is 60.3. The quantitative estimate of drug-likeness (QED) is 0.0228. The summed E-state index contributed by atoms with van der Waals surface area (Å²) in [5, 5.41) is 31.6. The minimum atomic E-state index is -1.91. The molecule has 0 aromatic rings. The van der Waals surface area contributed by atoms with Gasteiger partial charge in [0.2, 0.25) is 0 Å². The summed E-state index contributed by atoms with van der Waals surface area (Å²) in [4.78, 5) is 51.4. The average Bonchev–Trinajstić information content (AvgIpc) is 3.55. The number of aliphatic carboxylic acids is 1. The van der Waals surface area contributed by atoms with Crippen molar-refractivity contribution in [2.24, 2.45) is 0 Å². The largest absolute Gasteiger partial charge is 0.479 e. The van der Waals surface area contributed by atoms with Crippen LogP contribution in [0, 0.1) is 0 Å². The molecule has 1 aliphatic rings. The number of esters is 3. The van der Waals surface area contributed by atoms with Crippen LogP contribution in [0.5, 0.6) is 0 Å². The molecule has 0 aliphatic carbocycles. The van der Waals surface area contributed by atoms with Gasteiger partial charge >= 0.3 is 23.9 Å². The first-order valence-corrected chi connectivity index (χ1v) is 33.9. The van der Waals surface area contributed by atoms with E-state index in [1.807, 2.05) is 0 Å². The predicted molar refractivity (Wildman–Crippen MR) is 340 cm³/mol. The third-order valence-electron chi connectivity index (χ3n) is 15.3. The van der Waals surface area contributed by atoms with Crippen molar-refractivity contribution in [1.82, 2.24) is 0 Å². The van der Waals surface area contributed by atoms with E-state index in [9.17, 15) is 34.5 Å². The van der Waals surface area contributed by atoms with E-state index in [2.05, 4.69) is 93.7 Å². The summed E-state index contributed by atoms with van der Waals surface area (Å²) in [5.41, 5.74) is 0. The molecule has 0 bridgehead atoms. The van der Waals surface area contributed by atoms with Crippen LogP contribution >= 0.6 is 0 Å². The van der Waals surface area contributed by atoms with Crippen molar-refractivity contribution in [3.8, 4) is 0 Å². The lowest BCUT2D eigenvalue weighted by atomic mass is 9.98. The minimum Gasteiger partial charge on any atom is -0.479 e. The Morgan fingerprint density at radius 2 is 0.759 bits per heavy atom. The molecular weight excluding hydrogens is 1040 g/mol. The molecule has 0 radical (unpaired) electrons. The highest BCUT2D eigenvalue weighted by molar-refractivity contribution is 5.74. The Hall–Kier alpha value is -3.84. The van der Waals surface area contributed by atoms with Gasteiger partial charge in [0, 0.05) is 19.3 Å². The van der Waals surface area contributed by atoms with Crippen LogP contribution in [0.15, 0.2) is 72.9 Å². The Balaban J connectivity index is 2.65. The smallest absolute Gasteiger partial charge is 0.335 e. The lowest BCUT2D eigenvalue weighted by Crippen LogP contribution is -2.61. The Labute approximate surface area is 506 Å². The average molecular weight is 1170 g/mol. The fourth-order valence-corrected chi connectivity index (χ4v) is 10.1. The second-order valence-electron chi connectivity index (χ2n) is 23.1. The van der Waals surface area contributed by atoms with E-state index in [1.54, 1.807) is 0 Å². The number of aliphatic hydroxyl groups excluding tert-OH is 2. The molecule has 12 heteroatoms. The first-order valence-electron chi connectivity index (χ1n) is 33.9. The van der Waals surface area contributed by atoms with Crippen molar-refractivity contribution < 1.29 is 58.2 Å². The molecule has 12 nitrogen and oxygen atoms in total. The van der Waals surface area contributed by atoms with Crippen molar-refractivity contribution in [3.05, 3.63) is 72.9 Å². The first-order chi connectivity index (χ1) is 40.6. The van der Waals surface area contributed by atoms with Gasteiger partial charge in [-0.05, 0) is 89.9 Å². The molecule has 1 fully saturated rings. The number of unbranched alkanes of at least 4 members (excludes halogenated alkanes) is 32. The van der Waals surface area contributed by atoms with Crippen LogP contribution < -0.4 is 0 Å². The van der Waals surface area contributed by atoms with Gasteiger partial charge in [-0.25, -0.2) is 4.79 Å². The van der Waals surface area contributed by atoms with Gasteiger partial charge < -0.3 is 39.0 Å². The molecule has 1 heterocycles. The predicted octanol–water partition coefficient (Wildman–Crippen LogP) is 18.5. The second kappa shape index (κ2) is 58.5. The molecule has 0 amide bonds. The van der Waals surface area contributed by atoms with Crippen molar-refractivity contribution >= 4 is 23.9 Å². The zero-order valence-electron chi connectivity index (χ0n) is 52.9. The molecule has 0 aromatic carbocycles. The lowest BCUT2D eigenvalue weighted by molar-refractivity contribution is -0.301. The van der Waals surface area contributed by atoms with E-state index < -0.39 is 67.3 Å². The van der Waals surface area contributed by atoms with Crippen molar-refractivity contribution in [3.63, 3.8) is 0 Å². The number of carboxylic acid groups (broad SMARTS) is 1. The van der Waals surface area contributed by atoms with Gasteiger partial charge in [0.05, 0.1) is 6.61 Å². The molecule has 0 spiro atoms. The maximum atomic E-state index is 13.2. The Kier molecular flexibility index (Phi) is 54.4. The van der Waals surface area contributed by atoms with Crippen molar-refractivity contribution in [2.75, 3.05) is 13.2 Å². The SMILES string of the molecule is CC/C=C\C/C=C\C/C=C\C/C=C\CCCCCCCCC(=O)OC1C(OCC(COC(=O)CCCCCCCCC/C=C\C/C=C\CCCCC)OC(=O)CCCCCCCCCCCCCCCCCCC)OC(C(=O)O)C(O)C1O. The first kappa shape index (κ1) is 77.2. The normalized spacial score (nSPS) is 18.0. The number of carboxylic acids is 1. The Morgan fingerprint density at radius 1 is 0.410 bits per heavy atom. The molecule has 0 aromatic heterocycles. The number of aliphatic hydroxyl groups is 2. The van der Waals surface area contributed by atoms with E-state index in [0.717, 1.165) is 122 Å². The number of ether oxygens (including phenoxy) is 5. The monoisotopic (exact) mass is 1170 g/mol. The molecule has 1 rings (SSSR count). The number of hydrogen-bond acceptors (Lipinski definition) is 11. The van der Waals surface area contributed by atoms with Crippen molar-refractivity contribution in [2.45, 2.75) is 340 Å². The van der Waals surface area contributed by atoms with Crippen LogP contribution in [0.25, 0.3) is 0 Å². The molecule has 3 N–H and O–H groups in total. The molecular formula is C71H122O12. The summed E-state index contributed by atoms with van der Waals surface area (Å²) < 4.78 is 28.6. The summed E-state index contributed by atoms with van der Waals surface area (Å²) in [6.45, 7) is 5.89. The number of carbonyl (C=O) groups excluding carboxylic acids is 3. The summed E-state index contributed by atoms with van der Waals surface area (Å²) in [6.07, 6.45) is 62.8. The van der Waals surface area contributed by atoms with Crippen LogP contribution in [0.1, 0.15) is 303 Å². The number of rotatable bonds is 58. The fourth-order valence-electron chi connectivity index (χ4n) is 10.1. The highest BCUT2D eigenvalue weighted by Crippen LogP contribution is 2.27. The molecule has 478 valence electrons. The fraction of sp³-hybridized carbons (Fsp3) is 0.775. The molecule has 83 heavy (non-hydrogen) atoms. The number of hydrogen-bond donors (Lipinski definition) is 3. The molecule has 0 saturated carbocycles. The highest BCUT2D eigenvalue weighted by Gasteiger charge is 2.50. The van der Waals surface area contributed by atoms with Crippen LogP contribution in [-0.2, 0) is 42.9 Å². The Morgan fingerprint density at radius 3 is 1.18 bits per heavy atom. The van der Waals surface area contributed by atoms with Gasteiger partial charge in [-0.2, -0.15) is 0 Å². The van der Waals surface area contributed by atoms with E-state index in [4.69, 9.17) is 23.7 Å². The maximum Gasteiger partial charge on any atom is 0.335 e. The highest BCUT2D eigenvalue weighted by atomic mass is 16.7. The third-order valence-corrected chi connectivity index (χ3v) is 15.3. The molecule has 6 unspecified atom stereocenters. The van der Waals surface area contributed by atoms with Gasteiger partial charge in [0.1, 0.15) is 18.8 Å². The van der Waals surface area contributed by atoms with Gasteiger partial charge in [-0.3, -0.25) is 14.4 Å². The number of carbonyl (C=O) groups is 4. The number of allylic oxidation sites excluding steroid dienone is 12.